The van der Waals surface area contributed by atoms with Crippen LogP contribution in [0.5, 0.6) is 0 Å². The first-order chi connectivity index (χ1) is 8.42. The number of rotatable bonds is 5. The van der Waals surface area contributed by atoms with E-state index < -0.39 is 0 Å². The lowest BCUT2D eigenvalue weighted by molar-refractivity contribution is 0.0467. The number of allylic oxidation sites excluding steroid dienone is 1. The van der Waals surface area contributed by atoms with Crippen molar-refractivity contribution in [1.29, 1.82) is 0 Å². The van der Waals surface area contributed by atoms with Crippen molar-refractivity contribution in [2.45, 2.75) is 66.0 Å². The molecule has 0 amide bonds. The van der Waals surface area contributed by atoms with Crippen molar-refractivity contribution in [2.75, 3.05) is 19.6 Å². The first kappa shape index (κ1) is 15.7. The average Bonchev–Trinajstić information content (AvgIpc) is 2.36. The predicted octanol–water partition coefficient (Wildman–Crippen LogP) is 3.44. The summed E-state index contributed by atoms with van der Waals surface area (Å²) in [6.07, 6.45) is 4.84. The zero-order valence-electron chi connectivity index (χ0n) is 13.2. The van der Waals surface area contributed by atoms with Crippen molar-refractivity contribution in [3.63, 3.8) is 0 Å². The Kier molecular flexibility index (Phi) is 5.87. The quantitative estimate of drug-likeness (QED) is 0.754. The van der Waals surface area contributed by atoms with Gasteiger partial charge in [-0.05, 0) is 33.1 Å². The predicted molar refractivity (Wildman–Crippen MR) is 80.9 cm³/mol. The molecule has 0 aromatic heterocycles. The van der Waals surface area contributed by atoms with Gasteiger partial charge in [0, 0.05) is 31.2 Å². The minimum atomic E-state index is 0.315. The van der Waals surface area contributed by atoms with Gasteiger partial charge in [-0.2, -0.15) is 0 Å². The lowest BCUT2D eigenvalue weighted by Crippen LogP contribution is -2.64. The van der Waals surface area contributed by atoms with Crippen LogP contribution in [0.15, 0.2) is 11.6 Å². The summed E-state index contributed by atoms with van der Waals surface area (Å²) in [7, 11) is 0. The third-order valence-electron chi connectivity index (χ3n) is 4.74. The van der Waals surface area contributed by atoms with Gasteiger partial charge in [-0.25, -0.2) is 0 Å². The lowest BCUT2D eigenvalue weighted by atomic mass is 9.88. The summed E-state index contributed by atoms with van der Waals surface area (Å²) < 4.78 is 0. The zero-order valence-corrected chi connectivity index (χ0v) is 13.2. The highest BCUT2D eigenvalue weighted by molar-refractivity contribution is 5.02. The molecule has 1 N–H and O–H groups in total. The Morgan fingerprint density at radius 2 is 2.11 bits per heavy atom. The fraction of sp³-hybridized carbons (Fsp3) is 0.875. The standard InChI is InChI=1S/C16H32N2/c1-7-14(5)15-11-18(10-9-13(3)4)16(6,8-2)12-17-15/h9,14-15,17H,7-8,10-12H2,1-6H3. The van der Waals surface area contributed by atoms with Crippen LogP contribution in [0.2, 0.25) is 0 Å². The van der Waals surface area contributed by atoms with Crippen molar-refractivity contribution in [2.24, 2.45) is 5.92 Å². The molecule has 0 radical (unpaired) electrons. The van der Waals surface area contributed by atoms with Crippen LogP contribution in [0.3, 0.4) is 0 Å². The molecule has 1 rings (SSSR count). The molecule has 1 fully saturated rings. The summed E-state index contributed by atoms with van der Waals surface area (Å²) in [6.45, 7) is 17.1. The van der Waals surface area contributed by atoms with Crippen molar-refractivity contribution in [3.05, 3.63) is 11.6 Å². The summed E-state index contributed by atoms with van der Waals surface area (Å²) in [4.78, 5) is 2.67. The highest BCUT2D eigenvalue weighted by atomic mass is 15.3. The molecular weight excluding hydrogens is 220 g/mol. The molecule has 0 aromatic rings. The molecule has 1 aliphatic rings. The van der Waals surface area contributed by atoms with Gasteiger partial charge in [0.25, 0.3) is 0 Å². The molecule has 2 heteroatoms. The Bertz CT molecular complexity index is 281. The van der Waals surface area contributed by atoms with Crippen LogP contribution in [-0.4, -0.2) is 36.1 Å². The summed E-state index contributed by atoms with van der Waals surface area (Å²) in [6, 6.07) is 0.653. The van der Waals surface area contributed by atoms with Gasteiger partial charge in [-0.15, -0.1) is 0 Å². The van der Waals surface area contributed by atoms with Gasteiger partial charge in [0.15, 0.2) is 0 Å². The maximum absolute atomic E-state index is 3.77. The van der Waals surface area contributed by atoms with Crippen molar-refractivity contribution >= 4 is 0 Å². The van der Waals surface area contributed by atoms with Gasteiger partial charge in [-0.1, -0.05) is 38.8 Å². The van der Waals surface area contributed by atoms with E-state index >= 15 is 0 Å². The Hall–Kier alpha value is -0.340. The number of nitrogens with zero attached hydrogens (tertiary/aromatic N) is 1. The molecule has 106 valence electrons. The number of hydrogen-bond acceptors (Lipinski definition) is 2. The molecular formula is C16H32N2. The Morgan fingerprint density at radius 3 is 2.61 bits per heavy atom. The van der Waals surface area contributed by atoms with Crippen LogP contribution < -0.4 is 5.32 Å². The molecule has 0 spiro atoms. The third-order valence-corrected chi connectivity index (χ3v) is 4.74. The molecule has 0 aliphatic carbocycles. The zero-order chi connectivity index (χ0) is 13.8. The lowest BCUT2D eigenvalue weighted by Gasteiger charge is -2.49. The Morgan fingerprint density at radius 1 is 1.44 bits per heavy atom. The Labute approximate surface area is 114 Å². The molecule has 3 atom stereocenters. The molecule has 1 saturated heterocycles. The van der Waals surface area contributed by atoms with Crippen molar-refractivity contribution in [3.8, 4) is 0 Å². The van der Waals surface area contributed by atoms with Gasteiger partial charge in [-0.3, -0.25) is 4.90 Å². The van der Waals surface area contributed by atoms with E-state index in [1.165, 1.54) is 25.0 Å². The molecule has 3 unspecified atom stereocenters. The van der Waals surface area contributed by atoms with Crippen LogP contribution in [-0.2, 0) is 0 Å². The number of hydrogen-bond donors (Lipinski definition) is 1. The van der Waals surface area contributed by atoms with Gasteiger partial charge < -0.3 is 5.32 Å². The minimum Gasteiger partial charge on any atom is -0.311 e. The van der Waals surface area contributed by atoms with Gasteiger partial charge in [0.05, 0.1) is 0 Å². The monoisotopic (exact) mass is 252 g/mol. The second-order valence-corrected chi connectivity index (χ2v) is 6.41. The van der Waals surface area contributed by atoms with E-state index in [0.29, 0.717) is 11.6 Å². The van der Waals surface area contributed by atoms with Crippen LogP contribution in [0.1, 0.15) is 54.4 Å². The fourth-order valence-electron chi connectivity index (χ4n) is 2.59. The SMILES string of the molecule is CCC(C)C1CN(CC=C(C)C)C(C)(CC)CN1. The second kappa shape index (κ2) is 6.72. The summed E-state index contributed by atoms with van der Waals surface area (Å²) >= 11 is 0. The van der Waals surface area contributed by atoms with E-state index in [4.69, 9.17) is 0 Å². The molecule has 0 bridgehead atoms. The molecule has 18 heavy (non-hydrogen) atoms. The molecule has 0 saturated carbocycles. The van der Waals surface area contributed by atoms with Crippen LogP contribution >= 0.6 is 0 Å². The summed E-state index contributed by atoms with van der Waals surface area (Å²) in [5, 5.41) is 3.77. The first-order valence-electron chi connectivity index (χ1n) is 7.54. The van der Waals surface area contributed by atoms with E-state index in [0.717, 1.165) is 19.0 Å². The Balaban J connectivity index is 2.73. The maximum Gasteiger partial charge on any atom is 0.0307 e. The fourth-order valence-corrected chi connectivity index (χ4v) is 2.59. The highest BCUT2D eigenvalue weighted by Crippen LogP contribution is 2.25. The topological polar surface area (TPSA) is 15.3 Å². The molecule has 1 aliphatic heterocycles. The van der Waals surface area contributed by atoms with Gasteiger partial charge in [0.1, 0.15) is 0 Å². The van der Waals surface area contributed by atoms with Crippen LogP contribution in [0.4, 0.5) is 0 Å². The third kappa shape index (κ3) is 3.83. The van der Waals surface area contributed by atoms with Gasteiger partial charge >= 0.3 is 0 Å². The van der Waals surface area contributed by atoms with E-state index in [2.05, 4.69) is 57.8 Å². The summed E-state index contributed by atoms with van der Waals surface area (Å²) in [5.74, 6) is 0.764. The van der Waals surface area contributed by atoms with E-state index in [1.807, 2.05) is 0 Å². The maximum atomic E-state index is 3.77. The van der Waals surface area contributed by atoms with E-state index in [1.54, 1.807) is 0 Å². The average molecular weight is 252 g/mol. The second-order valence-electron chi connectivity index (χ2n) is 6.41. The van der Waals surface area contributed by atoms with Crippen molar-refractivity contribution in [1.82, 2.24) is 10.2 Å². The number of nitrogens with one attached hydrogen (secondary N) is 1. The summed E-state index contributed by atoms with van der Waals surface area (Å²) in [5.41, 5.74) is 1.74. The van der Waals surface area contributed by atoms with Crippen LogP contribution in [0, 0.1) is 5.92 Å². The molecule has 2 nitrogen and oxygen atoms in total. The largest absolute Gasteiger partial charge is 0.311 e. The first-order valence-corrected chi connectivity index (χ1v) is 7.54. The molecule has 1 heterocycles. The van der Waals surface area contributed by atoms with E-state index in [-0.39, 0.29) is 0 Å². The smallest absolute Gasteiger partial charge is 0.0307 e. The molecule has 0 aromatic carbocycles. The van der Waals surface area contributed by atoms with Crippen molar-refractivity contribution < 1.29 is 0 Å². The number of piperazine rings is 1. The van der Waals surface area contributed by atoms with E-state index in [9.17, 15) is 0 Å². The van der Waals surface area contributed by atoms with Crippen LogP contribution in [0.25, 0.3) is 0 Å². The van der Waals surface area contributed by atoms with Gasteiger partial charge in [0.2, 0.25) is 0 Å². The normalized spacial score (nSPS) is 31.1. The minimum absolute atomic E-state index is 0.315. The highest BCUT2D eigenvalue weighted by Gasteiger charge is 2.36.